The van der Waals surface area contributed by atoms with Crippen LogP contribution in [0.4, 0.5) is 4.79 Å². The van der Waals surface area contributed by atoms with Crippen LogP contribution in [0.3, 0.4) is 0 Å². The first-order chi connectivity index (χ1) is 7.84. The number of thioether (sulfide) groups is 1. The van der Waals surface area contributed by atoms with E-state index in [1.165, 1.54) is 24.3 Å². The van der Waals surface area contributed by atoms with Crippen molar-refractivity contribution in [2.24, 2.45) is 11.8 Å². The van der Waals surface area contributed by atoms with Crippen LogP contribution in [-0.4, -0.2) is 43.7 Å². The van der Waals surface area contributed by atoms with Crippen LogP contribution in [0.25, 0.3) is 0 Å². The molecule has 0 aromatic heterocycles. The zero-order chi connectivity index (χ0) is 11.2. The van der Waals surface area contributed by atoms with Crippen LogP contribution in [-0.2, 0) is 0 Å². The molecule has 5 heteroatoms. The molecule has 2 saturated heterocycles. The molecule has 0 saturated carbocycles. The van der Waals surface area contributed by atoms with E-state index in [0.29, 0.717) is 11.8 Å². The zero-order valence-corrected chi connectivity index (χ0v) is 10.4. The van der Waals surface area contributed by atoms with Crippen LogP contribution in [0.2, 0.25) is 0 Å². The Morgan fingerprint density at radius 1 is 1.12 bits per heavy atom. The fourth-order valence-corrected chi connectivity index (χ4v) is 3.18. The average molecular weight is 243 g/mol. The molecule has 0 atom stereocenters. The predicted molar refractivity (Wildman–Crippen MR) is 67.8 cm³/mol. The largest absolute Gasteiger partial charge is 0.338 e. The van der Waals surface area contributed by atoms with Crippen molar-refractivity contribution in [2.75, 3.05) is 37.7 Å². The van der Waals surface area contributed by atoms with Crippen LogP contribution in [0, 0.1) is 11.8 Å². The highest BCUT2D eigenvalue weighted by molar-refractivity contribution is 7.99. The summed E-state index contributed by atoms with van der Waals surface area (Å²) in [4.78, 5) is 11.5. The summed E-state index contributed by atoms with van der Waals surface area (Å²) in [5.41, 5.74) is 0. The van der Waals surface area contributed by atoms with E-state index in [0.717, 1.165) is 26.2 Å². The molecule has 2 heterocycles. The molecule has 3 N–H and O–H groups in total. The predicted octanol–water partition coefficient (Wildman–Crippen LogP) is 0.648. The monoisotopic (exact) mass is 243 g/mol. The summed E-state index contributed by atoms with van der Waals surface area (Å²) < 4.78 is 0. The van der Waals surface area contributed by atoms with Crippen LogP contribution < -0.4 is 16.0 Å². The lowest BCUT2D eigenvalue weighted by atomic mass is 10.0. The maximum Gasteiger partial charge on any atom is 0.314 e. The fraction of sp³-hybridized carbons (Fsp3) is 0.909. The number of rotatable bonds is 4. The summed E-state index contributed by atoms with van der Waals surface area (Å²) in [6.45, 7) is 3.73. The lowest BCUT2D eigenvalue weighted by Gasteiger charge is -2.27. The Morgan fingerprint density at radius 3 is 2.31 bits per heavy atom. The molecule has 0 aliphatic carbocycles. The molecule has 4 nitrogen and oxygen atoms in total. The average Bonchev–Trinajstić information content (AvgIpc) is 2.26. The Labute approximate surface area is 101 Å². The van der Waals surface area contributed by atoms with Gasteiger partial charge in [-0.25, -0.2) is 4.79 Å². The normalized spacial score (nSPS) is 22.5. The van der Waals surface area contributed by atoms with Crippen molar-refractivity contribution >= 4 is 17.8 Å². The minimum Gasteiger partial charge on any atom is -0.338 e. The number of urea groups is 1. The number of hydrogen-bond acceptors (Lipinski definition) is 3. The van der Waals surface area contributed by atoms with Gasteiger partial charge in [0.1, 0.15) is 0 Å². The Bertz CT molecular complexity index is 227. The van der Waals surface area contributed by atoms with Gasteiger partial charge >= 0.3 is 6.03 Å². The van der Waals surface area contributed by atoms with Gasteiger partial charge in [0.25, 0.3) is 0 Å². The Hall–Kier alpha value is -0.420. The second-order valence-electron chi connectivity index (χ2n) is 4.67. The number of nitrogens with one attached hydrogen (secondary N) is 3. The molecule has 2 amide bonds. The third kappa shape index (κ3) is 3.87. The topological polar surface area (TPSA) is 53.2 Å². The maximum atomic E-state index is 11.5. The molecule has 2 rings (SSSR count). The summed E-state index contributed by atoms with van der Waals surface area (Å²) in [7, 11) is 0. The Morgan fingerprint density at radius 2 is 1.75 bits per heavy atom. The maximum absolute atomic E-state index is 11.5. The van der Waals surface area contributed by atoms with Gasteiger partial charge < -0.3 is 16.0 Å². The van der Waals surface area contributed by atoms with Gasteiger partial charge in [-0.05, 0) is 30.3 Å². The first-order valence-corrected chi connectivity index (χ1v) is 7.30. The quantitative estimate of drug-likeness (QED) is 0.679. The van der Waals surface area contributed by atoms with E-state index in [2.05, 4.69) is 16.0 Å². The minimum absolute atomic E-state index is 0.00475. The lowest BCUT2D eigenvalue weighted by molar-refractivity contribution is 0.233. The standard InChI is InChI=1S/C11H21N3OS/c15-11(14-8-10-5-12-6-10)13-7-9-1-3-16-4-2-9/h9-10,12H,1-8H2,(H2,13,14,15). The van der Waals surface area contributed by atoms with Gasteiger partial charge in [-0.1, -0.05) is 0 Å². The van der Waals surface area contributed by atoms with Gasteiger partial charge in [0.2, 0.25) is 0 Å². The molecule has 2 fully saturated rings. The summed E-state index contributed by atoms with van der Waals surface area (Å²) in [5.74, 6) is 3.83. The van der Waals surface area contributed by atoms with Gasteiger partial charge in [-0.2, -0.15) is 11.8 Å². The van der Waals surface area contributed by atoms with Gasteiger partial charge in [0.05, 0.1) is 0 Å². The van der Waals surface area contributed by atoms with Crippen molar-refractivity contribution in [2.45, 2.75) is 12.8 Å². The summed E-state index contributed by atoms with van der Waals surface area (Å²) in [6, 6.07) is 0.00475. The molecule has 92 valence electrons. The van der Waals surface area contributed by atoms with Crippen LogP contribution >= 0.6 is 11.8 Å². The van der Waals surface area contributed by atoms with Crippen molar-refractivity contribution in [3.05, 3.63) is 0 Å². The highest BCUT2D eigenvalue weighted by Crippen LogP contribution is 2.21. The Balaban J connectivity index is 1.52. The molecule has 0 aromatic rings. The zero-order valence-electron chi connectivity index (χ0n) is 9.63. The second-order valence-corrected chi connectivity index (χ2v) is 5.90. The van der Waals surface area contributed by atoms with Gasteiger partial charge in [-0.15, -0.1) is 0 Å². The second kappa shape index (κ2) is 6.35. The summed E-state index contributed by atoms with van der Waals surface area (Å²) in [6.07, 6.45) is 2.50. The van der Waals surface area contributed by atoms with Crippen molar-refractivity contribution in [1.29, 1.82) is 0 Å². The molecular weight excluding hydrogens is 222 g/mol. The summed E-state index contributed by atoms with van der Waals surface area (Å²) in [5, 5.41) is 9.10. The molecule has 2 aliphatic heterocycles. The number of amides is 2. The van der Waals surface area contributed by atoms with Gasteiger partial charge in [0, 0.05) is 32.1 Å². The molecule has 0 bridgehead atoms. The SMILES string of the molecule is O=C(NCC1CCSCC1)NCC1CNC1. The summed E-state index contributed by atoms with van der Waals surface area (Å²) >= 11 is 2.02. The van der Waals surface area contributed by atoms with E-state index >= 15 is 0 Å². The van der Waals surface area contributed by atoms with E-state index in [-0.39, 0.29) is 6.03 Å². The van der Waals surface area contributed by atoms with E-state index < -0.39 is 0 Å². The molecule has 2 aliphatic rings. The minimum atomic E-state index is 0.00475. The highest BCUT2D eigenvalue weighted by atomic mass is 32.2. The van der Waals surface area contributed by atoms with E-state index in [1.807, 2.05) is 11.8 Å². The van der Waals surface area contributed by atoms with Crippen molar-refractivity contribution in [3.8, 4) is 0 Å². The van der Waals surface area contributed by atoms with Crippen LogP contribution in [0.15, 0.2) is 0 Å². The number of carbonyl (C=O) groups excluding carboxylic acids is 1. The van der Waals surface area contributed by atoms with Crippen molar-refractivity contribution in [3.63, 3.8) is 0 Å². The fourth-order valence-electron chi connectivity index (χ4n) is 1.98. The third-order valence-electron chi connectivity index (χ3n) is 3.31. The van der Waals surface area contributed by atoms with Crippen molar-refractivity contribution in [1.82, 2.24) is 16.0 Å². The molecule has 0 radical (unpaired) electrons. The lowest BCUT2D eigenvalue weighted by Crippen LogP contribution is -2.50. The molecular formula is C11H21N3OS. The first kappa shape index (κ1) is 12.0. The van der Waals surface area contributed by atoms with E-state index in [4.69, 9.17) is 0 Å². The van der Waals surface area contributed by atoms with Gasteiger partial charge in [-0.3, -0.25) is 0 Å². The van der Waals surface area contributed by atoms with E-state index in [9.17, 15) is 4.79 Å². The third-order valence-corrected chi connectivity index (χ3v) is 4.36. The van der Waals surface area contributed by atoms with E-state index in [1.54, 1.807) is 0 Å². The molecule has 0 aromatic carbocycles. The molecule has 16 heavy (non-hydrogen) atoms. The van der Waals surface area contributed by atoms with Crippen LogP contribution in [0.5, 0.6) is 0 Å². The first-order valence-electron chi connectivity index (χ1n) is 6.15. The number of hydrogen-bond donors (Lipinski definition) is 3. The van der Waals surface area contributed by atoms with Gasteiger partial charge in [0.15, 0.2) is 0 Å². The highest BCUT2D eigenvalue weighted by Gasteiger charge is 2.18. The Kier molecular flexibility index (Phi) is 4.78. The van der Waals surface area contributed by atoms with Crippen LogP contribution in [0.1, 0.15) is 12.8 Å². The smallest absolute Gasteiger partial charge is 0.314 e. The van der Waals surface area contributed by atoms with Crippen molar-refractivity contribution < 1.29 is 4.79 Å². The number of carbonyl (C=O) groups is 1. The molecule has 0 spiro atoms. The molecule has 0 unspecified atom stereocenters.